The zero-order valence-electron chi connectivity index (χ0n) is 14.6. The normalized spacial score (nSPS) is 15.4. The first-order valence-corrected chi connectivity index (χ1v) is 8.57. The molecule has 0 radical (unpaired) electrons. The van der Waals surface area contributed by atoms with Crippen molar-refractivity contribution < 1.29 is 9.53 Å². The van der Waals surface area contributed by atoms with Crippen molar-refractivity contribution in [3.8, 4) is 5.75 Å². The van der Waals surface area contributed by atoms with Gasteiger partial charge in [0.25, 0.3) is 5.91 Å². The third-order valence-electron chi connectivity index (χ3n) is 3.97. The maximum Gasteiger partial charge on any atom is 0.257 e. The molecule has 1 aromatic carbocycles. The monoisotopic (exact) mass is 411 g/mol. The number of halogens is 3. The molecule has 0 aromatic heterocycles. The van der Waals surface area contributed by atoms with E-state index >= 15 is 0 Å². The maximum absolute atomic E-state index is 11.7. The number of ether oxygens (including phenoxy) is 1. The summed E-state index contributed by atoms with van der Waals surface area (Å²) in [4.78, 5) is 16.6. The number of benzene rings is 1. The van der Waals surface area contributed by atoms with Crippen LogP contribution in [0.15, 0.2) is 24.3 Å². The molecule has 1 heterocycles. The highest BCUT2D eigenvalue weighted by molar-refractivity contribution is 6.30. The van der Waals surface area contributed by atoms with E-state index in [1.165, 1.54) is 13.0 Å². The van der Waals surface area contributed by atoms with E-state index in [1.54, 1.807) is 24.3 Å². The predicted octanol–water partition coefficient (Wildman–Crippen LogP) is 2.71. The molecule has 1 aromatic rings. The van der Waals surface area contributed by atoms with Crippen molar-refractivity contribution in [2.45, 2.75) is 12.8 Å². The third kappa shape index (κ3) is 10.1. The Kier molecular flexibility index (Phi) is 13.1. The average molecular weight is 413 g/mol. The van der Waals surface area contributed by atoms with Crippen molar-refractivity contribution in [2.75, 3.05) is 52.9 Å². The fourth-order valence-electron chi connectivity index (χ4n) is 2.58. The molecule has 0 atom stereocenters. The molecular formula is C17H28Cl3N3O2. The molecule has 0 aliphatic carbocycles. The molecule has 8 heteroatoms. The molecule has 1 aliphatic rings. The van der Waals surface area contributed by atoms with Crippen molar-refractivity contribution in [1.29, 1.82) is 0 Å². The van der Waals surface area contributed by atoms with Gasteiger partial charge < -0.3 is 19.9 Å². The van der Waals surface area contributed by atoms with Crippen LogP contribution in [0.2, 0.25) is 5.02 Å². The quantitative estimate of drug-likeness (QED) is 0.699. The Bertz CT molecular complexity index is 489. The Morgan fingerprint density at radius 3 is 2.60 bits per heavy atom. The Morgan fingerprint density at radius 2 is 1.88 bits per heavy atom. The number of carbonyl (C=O) groups excluding carboxylic acids is 1. The second kappa shape index (κ2) is 13.5. The summed E-state index contributed by atoms with van der Waals surface area (Å²) in [5.41, 5.74) is 0. The fraction of sp³-hybridized carbons (Fsp3) is 0.588. The van der Waals surface area contributed by atoms with Crippen LogP contribution in [0.4, 0.5) is 0 Å². The second-order valence-corrected chi connectivity index (χ2v) is 6.38. The summed E-state index contributed by atoms with van der Waals surface area (Å²) in [5, 5.41) is 3.56. The summed E-state index contributed by atoms with van der Waals surface area (Å²) in [5.74, 6) is 0.564. The molecular weight excluding hydrogens is 385 g/mol. The van der Waals surface area contributed by atoms with Crippen LogP contribution in [0.1, 0.15) is 12.8 Å². The SMILES string of the molecule is CN1CCCN(CCCNC(=O)COc2ccc(Cl)cc2)CC1.Cl.Cl. The summed E-state index contributed by atoms with van der Waals surface area (Å²) in [6.45, 7) is 6.33. The molecule has 1 N–H and O–H groups in total. The average Bonchev–Trinajstić information content (AvgIpc) is 2.75. The van der Waals surface area contributed by atoms with Crippen LogP contribution in [-0.2, 0) is 4.79 Å². The fourth-order valence-corrected chi connectivity index (χ4v) is 2.71. The highest BCUT2D eigenvalue weighted by atomic mass is 35.5. The molecule has 1 saturated heterocycles. The van der Waals surface area contributed by atoms with Crippen molar-refractivity contribution in [1.82, 2.24) is 15.1 Å². The van der Waals surface area contributed by atoms with Gasteiger partial charge in [-0.2, -0.15) is 0 Å². The first-order chi connectivity index (χ1) is 11.1. The Labute approximate surface area is 167 Å². The van der Waals surface area contributed by atoms with Crippen molar-refractivity contribution in [3.63, 3.8) is 0 Å². The van der Waals surface area contributed by atoms with Crippen LogP contribution in [0.3, 0.4) is 0 Å². The second-order valence-electron chi connectivity index (χ2n) is 5.94. The van der Waals surface area contributed by atoms with Gasteiger partial charge in [0.2, 0.25) is 0 Å². The Balaban J connectivity index is 0.00000288. The summed E-state index contributed by atoms with van der Waals surface area (Å²) in [6, 6.07) is 7.00. The summed E-state index contributed by atoms with van der Waals surface area (Å²) >= 11 is 5.80. The number of hydrogen-bond acceptors (Lipinski definition) is 4. The molecule has 5 nitrogen and oxygen atoms in total. The number of carbonyl (C=O) groups is 1. The van der Waals surface area contributed by atoms with E-state index < -0.39 is 0 Å². The molecule has 2 rings (SSSR count). The first-order valence-electron chi connectivity index (χ1n) is 8.19. The largest absolute Gasteiger partial charge is 0.484 e. The standard InChI is InChI=1S/C17H26ClN3O2.2ClH/c1-20-9-3-11-21(13-12-20)10-2-8-19-17(22)14-23-16-6-4-15(18)5-7-16;;/h4-7H,2-3,8-14H2,1H3,(H,19,22);2*1H. The molecule has 1 amide bonds. The van der Waals surface area contributed by atoms with E-state index in [0.29, 0.717) is 17.3 Å². The molecule has 0 saturated carbocycles. The number of nitrogens with zero attached hydrogens (tertiary/aromatic N) is 2. The van der Waals surface area contributed by atoms with Gasteiger partial charge in [0.05, 0.1) is 0 Å². The number of nitrogens with one attached hydrogen (secondary N) is 1. The number of rotatable bonds is 7. The molecule has 0 spiro atoms. The first kappa shape index (κ1) is 24.3. The molecule has 144 valence electrons. The molecule has 1 aliphatic heterocycles. The van der Waals surface area contributed by atoms with Crippen LogP contribution in [0, 0.1) is 0 Å². The van der Waals surface area contributed by atoms with Crippen molar-refractivity contribution >= 4 is 42.3 Å². The third-order valence-corrected chi connectivity index (χ3v) is 4.22. The van der Waals surface area contributed by atoms with Gasteiger partial charge in [-0.1, -0.05) is 11.6 Å². The lowest BCUT2D eigenvalue weighted by atomic mass is 10.3. The summed E-state index contributed by atoms with van der Waals surface area (Å²) < 4.78 is 5.41. The minimum absolute atomic E-state index is 0. The van der Waals surface area contributed by atoms with Gasteiger partial charge in [-0.15, -0.1) is 24.8 Å². The number of likely N-dealkylation sites (N-methyl/N-ethyl adjacent to an activating group) is 1. The van der Waals surface area contributed by atoms with Crippen molar-refractivity contribution in [3.05, 3.63) is 29.3 Å². The minimum Gasteiger partial charge on any atom is -0.484 e. The summed E-state index contributed by atoms with van der Waals surface area (Å²) in [7, 11) is 2.17. The molecule has 0 unspecified atom stereocenters. The topological polar surface area (TPSA) is 44.8 Å². The van der Waals surface area contributed by atoms with Crippen LogP contribution in [0.25, 0.3) is 0 Å². The number of hydrogen-bond donors (Lipinski definition) is 1. The van der Waals surface area contributed by atoms with Gasteiger partial charge in [0.15, 0.2) is 6.61 Å². The van der Waals surface area contributed by atoms with E-state index in [1.807, 2.05) is 0 Å². The van der Waals surface area contributed by atoms with E-state index in [4.69, 9.17) is 16.3 Å². The van der Waals surface area contributed by atoms with Gasteiger partial charge in [0.1, 0.15) is 5.75 Å². The van der Waals surface area contributed by atoms with Gasteiger partial charge in [0, 0.05) is 24.7 Å². The van der Waals surface area contributed by atoms with Gasteiger partial charge in [-0.05, 0) is 63.8 Å². The van der Waals surface area contributed by atoms with Gasteiger partial charge >= 0.3 is 0 Å². The molecule has 0 bridgehead atoms. The van der Waals surface area contributed by atoms with Crippen molar-refractivity contribution in [2.24, 2.45) is 0 Å². The Hall–Kier alpha value is -0.720. The lowest BCUT2D eigenvalue weighted by molar-refractivity contribution is -0.123. The van der Waals surface area contributed by atoms with Gasteiger partial charge in [-0.3, -0.25) is 4.79 Å². The van der Waals surface area contributed by atoms with Crippen LogP contribution in [-0.4, -0.2) is 68.6 Å². The number of amides is 1. The zero-order chi connectivity index (χ0) is 16.5. The predicted molar refractivity (Wildman–Crippen MR) is 108 cm³/mol. The zero-order valence-corrected chi connectivity index (χ0v) is 17.0. The lowest BCUT2D eigenvalue weighted by Crippen LogP contribution is -2.34. The van der Waals surface area contributed by atoms with E-state index in [0.717, 1.165) is 32.6 Å². The van der Waals surface area contributed by atoms with Crippen LogP contribution < -0.4 is 10.1 Å². The Morgan fingerprint density at radius 1 is 1.16 bits per heavy atom. The molecule has 1 fully saturated rings. The smallest absolute Gasteiger partial charge is 0.257 e. The van der Waals surface area contributed by atoms with Crippen LogP contribution >= 0.6 is 36.4 Å². The van der Waals surface area contributed by atoms with E-state index in [-0.39, 0.29) is 37.3 Å². The maximum atomic E-state index is 11.7. The van der Waals surface area contributed by atoms with E-state index in [9.17, 15) is 4.79 Å². The van der Waals surface area contributed by atoms with Gasteiger partial charge in [-0.25, -0.2) is 0 Å². The van der Waals surface area contributed by atoms with Crippen LogP contribution in [0.5, 0.6) is 5.75 Å². The summed E-state index contributed by atoms with van der Waals surface area (Å²) in [6.07, 6.45) is 2.19. The van der Waals surface area contributed by atoms with E-state index in [2.05, 4.69) is 22.2 Å². The minimum atomic E-state index is -0.0875. The highest BCUT2D eigenvalue weighted by Gasteiger charge is 2.11. The molecule has 25 heavy (non-hydrogen) atoms. The highest BCUT2D eigenvalue weighted by Crippen LogP contribution is 2.15. The lowest BCUT2D eigenvalue weighted by Gasteiger charge is -2.19.